The smallest absolute Gasteiger partial charge is 0.672 e. The van der Waals surface area contributed by atoms with Crippen molar-refractivity contribution in [2.75, 3.05) is 0 Å². The van der Waals surface area contributed by atoms with Crippen LogP contribution in [0.25, 0.3) is 10.5 Å². The molecular weight excluding hydrogens is 622 g/mol. The van der Waals surface area contributed by atoms with Crippen molar-refractivity contribution in [3.63, 3.8) is 0 Å². The van der Waals surface area contributed by atoms with E-state index in [0.29, 0.717) is 11.1 Å². The number of benzene rings is 3. The molecule has 3 aromatic carbocycles. The molecule has 0 aliphatic heterocycles. The Kier molecular flexibility index (Phi) is 12.6. The van der Waals surface area contributed by atoms with E-state index in [9.17, 15) is 17.4 Å². The van der Waals surface area contributed by atoms with Crippen molar-refractivity contribution in [3.05, 3.63) is 120 Å². The van der Waals surface area contributed by atoms with Crippen molar-refractivity contribution in [1.29, 1.82) is 0 Å². The summed E-state index contributed by atoms with van der Waals surface area (Å²) < 4.78 is 59.7. The predicted molar refractivity (Wildman–Crippen MR) is 116 cm³/mol. The van der Waals surface area contributed by atoms with Crippen molar-refractivity contribution in [1.82, 2.24) is 0 Å². The number of nitrogens with zero attached hydrogens (tertiary/aromatic N) is 1. The first-order chi connectivity index (χ1) is 13.8. The molecule has 0 aromatic heterocycles. The Bertz CT molecular complexity index is 946. The van der Waals surface area contributed by atoms with Gasteiger partial charge in [-0.15, -0.1) is 12.1 Å². The van der Waals surface area contributed by atoms with Gasteiger partial charge in [-0.3, -0.25) is 0 Å². The third kappa shape index (κ3) is 8.12. The van der Waals surface area contributed by atoms with Gasteiger partial charge in [-0.2, -0.15) is 13.2 Å². The third-order valence-corrected chi connectivity index (χ3v) is 4.90. The summed E-state index contributed by atoms with van der Waals surface area (Å²) in [5.74, 6) is -0.00635. The van der Waals surface area contributed by atoms with E-state index in [1.165, 1.54) is 0 Å². The zero-order valence-electron chi connectivity index (χ0n) is 16.9. The number of hydrogen-bond donors (Lipinski definition) is 0. The van der Waals surface area contributed by atoms with Gasteiger partial charge in [0.15, 0.2) is 0 Å². The predicted octanol–water partition coefficient (Wildman–Crippen LogP) is 6.19. The molecule has 32 heavy (non-hydrogen) atoms. The molecule has 0 saturated heterocycles. The largest absolute Gasteiger partial charge is 3.00 e. The van der Waals surface area contributed by atoms with Crippen LogP contribution in [0.3, 0.4) is 0 Å². The molecule has 3 N–H and O–H groups in total. The zero-order chi connectivity index (χ0) is 20.9. The van der Waals surface area contributed by atoms with Crippen molar-refractivity contribution in [2.45, 2.75) is 18.3 Å². The van der Waals surface area contributed by atoms with Gasteiger partial charge in [-0.05, 0) is 24.3 Å². The van der Waals surface area contributed by atoms with Gasteiger partial charge in [0.25, 0.3) is 0 Å². The first kappa shape index (κ1) is 29.9. The van der Waals surface area contributed by atoms with Crippen molar-refractivity contribution in [2.24, 2.45) is 0 Å². The number of rotatable bonds is 7. The summed E-state index contributed by atoms with van der Waals surface area (Å²) >= 11 is -2.20. The maximum Gasteiger partial charge on any atom is 3.00 e. The number of hydrogen-bond acceptors (Lipinski definition) is 2. The van der Waals surface area contributed by atoms with Crippen LogP contribution >= 0.6 is 0 Å². The van der Waals surface area contributed by atoms with E-state index >= 15 is 0 Å². The quantitative estimate of drug-likeness (QED) is 0.287. The molecule has 0 heterocycles. The second kappa shape index (κ2) is 13.5. The van der Waals surface area contributed by atoms with Crippen molar-refractivity contribution in [3.8, 4) is 5.75 Å². The summed E-state index contributed by atoms with van der Waals surface area (Å²) in [5.41, 5.74) is 9.11. The molecule has 0 bridgehead atoms. The van der Waals surface area contributed by atoms with E-state index in [0.717, 1.165) is 24.3 Å². The van der Waals surface area contributed by atoms with Gasteiger partial charge in [-0.1, -0.05) is 71.8 Å². The minimum atomic E-state index is -4.46. The summed E-state index contributed by atoms with van der Waals surface area (Å²) in [6.45, 7) is 0. The van der Waals surface area contributed by atoms with Gasteiger partial charge in [0.2, 0.25) is 0 Å². The summed E-state index contributed by atoms with van der Waals surface area (Å²) in [5, 5.41) is 0. The van der Waals surface area contributed by atoms with Gasteiger partial charge >= 0.3 is 26.3 Å². The molecule has 0 radical (unpaired) electrons. The third-order valence-electron chi connectivity index (χ3n) is 4.16. The van der Waals surface area contributed by atoms with Crippen LogP contribution in [0.5, 0.6) is 5.75 Å². The van der Waals surface area contributed by atoms with E-state index in [1.54, 1.807) is 48.5 Å². The fraction of sp³-hybridized carbons (Fsp3) is 0.136. The second-order valence-electron chi connectivity index (χ2n) is 6.17. The van der Waals surface area contributed by atoms with Crippen LogP contribution in [0.4, 0.5) is 13.2 Å². The fourth-order valence-corrected chi connectivity index (χ4v) is 3.45. The molecule has 0 spiro atoms. The average molecular weight is 644 g/mol. The average Bonchev–Trinajstić information content (AvgIpc) is 2.72. The standard InChI is InChI=1S/C21H17F3N2O2S.CH3.Ir.H2O/c22-21(23,24)17-11-13-18(14-12-17)28-29(27)26-20(16-9-5-2-6-10-16)19(25)15-7-3-1-4-8-15;;;/h1-14,19-20,25H;1H3;;1H2/q-2;-1;+3;/t19-,20-,29?;;;/m0.../s1. The maximum absolute atomic E-state index is 12.7. The first-order valence-corrected chi connectivity index (χ1v) is 9.67. The first-order valence-electron chi connectivity index (χ1n) is 8.64. The van der Waals surface area contributed by atoms with Gasteiger partial charge in [0.1, 0.15) is 17.0 Å². The topological polar surface area (TPSA) is 95.7 Å². The Hall–Kier alpha value is -2.07. The van der Waals surface area contributed by atoms with Crippen LogP contribution in [-0.4, -0.2) is 9.69 Å². The second-order valence-corrected chi connectivity index (χ2v) is 6.98. The van der Waals surface area contributed by atoms with Crippen LogP contribution in [-0.2, 0) is 37.5 Å². The molecule has 174 valence electrons. The minimum Gasteiger partial charge on any atom is -0.672 e. The molecule has 0 aliphatic carbocycles. The van der Waals surface area contributed by atoms with Crippen LogP contribution in [0.15, 0.2) is 84.9 Å². The Balaban J connectivity index is 0.00000320. The fourth-order valence-electron chi connectivity index (χ4n) is 2.70. The molecule has 3 rings (SSSR count). The van der Waals surface area contributed by atoms with Gasteiger partial charge < -0.3 is 27.5 Å². The molecule has 5 nitrogen and oxygen atoms in total. The van der Waals surface area contributed by atoms with Crippen molar-refractivity contribution >= 4 is 11.3 Å². The summed E-state index contributed by atoms with van der Waals surface area (Å²) in [6, 6.07) is 20.2. The Morgan fingerprint density at radius 3 is 1.78 bits per heavy atom. The van der Waals surface area contributed by atoms with Crippen LogP contribution in [0, 0.1) is 7.43 Å². The van der Waals surface area contributed by atoms with Crippen LogP contribution < -0.4 is 4.18 Å². The van der Waals surface area contributed by atoms with E-state index in [-0.39, 0.29) is 38.8 Å². The summed E-state index contributed by atoms with van der Waals surface area (Å²) in [4.78, 5) is 0. The van der Waals surface area contributed by atoms with Gasteiger partial charge in [0.05, 0.1) is 5.56 Å². The number of alkyl halides is 3. The molecular formula is C22H22F3IrN2O3S. The Labute approximate surface area is 201 Å². The molecule has 10 heteroatoms. The van der Waals surface area contributed by atoms with Gasteiger partial charge in [-0.25, -0.2) is 4.21 Å². The molecule has 3 atom stereocenters. The SMILES string of the molecule is O.[CH3-].[Ir+3].[NH-][C@@H](c1ccccc1)[C@@H]([N-]S(=O)Oc1ccc(C(F)(F)F)cc1)c1ccccc1. The van der Waals surface area contributed by atoms with Crippen LogP contribution in [0.1, 0.15) is 28.8 Å². The minimum absolute atomic E-state index is 0. The Morgan fingerprint density at radius 1 is 0.844 bits per heavy atom. The van der Waals surface area contributed by atoms with Crippen molar-refractivity contribution < 1.29 is 47.1 Å². The normalized spacial score (nSPS) is 13.4. The van der Waals surface area contributed by atoms with E-state index in [2.05, 4.69) is 4.72 Å². The molecule has 0 saturated carbocycles. The number of nitrogens with one attached hydrogen (secondary N) is 1. The van der Waals surface area contributed by atoms with E-state index < -0.39 is 35.1 Å². The summed E-state index contributed by atoms with van der Waals surface area (Å²) in [7, 11) is 0. The molecule has 3 aromatic rings. The van der Waals surface area contributed by atoms with E-state index in [4.69, 9.17) is 9.92 Å². The summed E-state index contributed by atoms with van der Waals surface area (Å²) in [6.07, 6.45) is -4.46. The maximum atomic E-state index is 12.7. The molecule has 0 aliphatic rings. The molecule has 1 unspecified atom stereocenters. The van der Waals surface area contributed by atoms with Crippen LogP contribution in [0.2, 0.25) is 0 Å². The van der Waals surface area contributed by atoms with E-state index in [1.807, 2.05) is 12.1 Å². The number of halogens is 3. The van der Waals surface area contributed by atoms with Gasteiger partial charge in [0, 0.05) is 0 Å². The Morgan fingerprint density at radius 2 is 1.31 bits per heavy atom. The monoisotopic (exact) mass is 644 g/mol. The zero-order valence-corrected chi connectivity index (χ0v) is 20.1. The molecule has 0 amide bonds. The molecule has 0 fully saturated rings.